The third-order valence-corrected chi connectivity index (χ3v) is 17.8. The van der Waals surface area contributed by atoms with E-state index in [9.17, 15) is 9.59 Å². The molecule has 20 heteroatoms. The SMILES string of the molecule is CCCCCCCCCCC(COCCOCCOCCOCCOCCOCCOCCOCCOCCOCCOCCOCCOc1ccc(C(=O)Oc2ccc(-c3ccc(OCCCCCCCC)cc3)cc2)cc1)Oc1ccc(C(=O)Oc2ccc(-c3ccc(OCCCCCCCC)cc3)cc2)cc1. The first kappa shape index (κ1) is 91.9. The lowest BCUT2D eigenvalue weighted by atomic mass is 10.1. The standard InChI is InChI=1S/C90H130O20/c1-4-7-10-13-16-17-18-21-24-88(108-85-47-35-81(36-48-85)90(92)110-87-45-31-79(32-46-87)77-27-39-83(40-28-77)106-50-23-20-15-12-9-6-3)75-104-72-71-102-68-67-100-64-63-98-60-59-96-56-55-94-52-51-93-53-54-95-57-58-97-61-62-99-65-66-101-69-70-103-73-74-107-84-41-33-80(34-42-84)89(91)109-86-43-29-78(30-44-86)76-25-37-82(38-26-76)105-49-22-19-14-11-8-5-2/h25-48,88H,4-24,49-75H2,1-3H3. The van der Waals surface area contributed by atoms with Crippen molar-refractivity contribution in [1.29, 1.82) is 0 Å². The zero-order chi connectivity index (χ0) is 77.3. The van der Waals surface area contributed by atoms with E-state index in [1.54, 1.807) is 48.5 Å². The van der Waals surface area contributed by atoms with Crippen LogP contribution < -0.4 is 28.4 Å². The van der Waals surface area contributed by atoms with Gasteiger partial charge in [0.05, 0.1) is 183 Å². The van der Waals surface area contributed by atoms with Crippen molar-refractivity contribution < 1.29 is 94.9 Å². The summed E-state index contributed by atoms with van der Waals surface area (Å²) in [5.74, 6) is 3.13. The Balaban J connectivity index is 0.646. The van der Waals surface area contributed by atoms with Crippen LogP contribution in [0.5, 0.6) is 34.5 Å². The maximum absolute atomic E-state index is 13.2. The van der Waals surface area contributed by atoms with Crippen LogP contribution in [-0.2, 0) is 56.8 Å². The van der Waals surface area contributed by atoms with Gasteiger partial charge >= 0.3 is 11.9 Å². The zero-order valence-corrected chi connectivity index (χ0v) is 66.5. The molecule has 0 bridgehead atoms. The van der Waals surface area contributed by atoms with Crippen LogP contribution in [0.25, 0.3) is 22.3 Å². The molecule has 1 unspecified atom stereocenters. The molecule has 6 aromatic rings. The minimum Gasteiger partial charge on any atom is -0.494 e. The van der Waals surface area contributed by atoms with Gasteiger partial charge in [-0.3, -0.25) is 0 Å². The number of carbonyl (C=O) groups is 2. The number of carbonyl (C=O) groups excluding carboxylic acids is 2. The van der Waals surface area contributed by atoms with E-state index in [4.69, 9.17) is 85.3 Å². The second kappa shape index (κ2) is 63.5. The summed E-state index contributed by atoms with van der Waals surface area (Å²) in [5, 5.41) is 0. The van der Waals surface area contributed by atoms with Gasteiger partial charge in [0, 0.05) is 0 Å². The van der Waals surface area contributed by atoms with Crippen molar-refractivity contribution in [3.63, 3.8) is 0 Å². The van der Waals surface area contributed by atoms with Crippen LogP contribution >= 0.6 is 0 Å². The van der Waals surface area contributed by atoms with Crippen molar-refractivity contribution in [2.24, 2.45) is 0 Å². The Kier molecular flexibility index (Phi) is 53.0. The van der Waals surface area contributed by atoms with Crippen molar-refractivity contribution in [2.75, 3.05) is 178 Å². The van der Waals surface area contributed by atoms with E-state index in [1.807, 2.05) is 84.9 Å². The molecule has 0 radical (unpaired) electrons. The Morgan fingerprint density at radius 2 is 0.455 bits per heavy atom. The van der Waals surface area contributed by atoms with Gasteiger partial charge in [-0.2, -0.15) is 0 Å². The van der Waals surface area contributed by atoms with Crippen LogP contribution in [0, 0.1) is 0 Å². The molecule has 0 spiro atoms. The van der Waals surface area contributed by atoms with Crippen LogP contribution in [0.15, 0.2) is 146 Å². The molecule has 0 N–H and O–H groups in total. The second-order valence-corrected chi connectivity index (χ2v) is 26.8. The number of esters is 2. The molecule has 0 fully saturated rings. The third kappa shape index (κ3) is 44.9. The molecule has 20 nitrogen and oxygen atoms in total. The minimum absolute atomic E-state index is 0.138. The van der Waals surface area contributed by atoms with Gasteiger partial charge in [-0.25, -0.2) is 9.59 Å². The molecule has 1 atom stereocenters. The average molecular weight is 1530 g/mol. The van der Waals surface area contributed by atoms with Crippen LogP contribution in [-0.4, -0.2) is 196 Å². The predicted octanol–water partition coefficient (Wildman–Crippen LogP) is 18.5. The van der Waals surface area contributed by atoms with Gasteiger partial charge in [0.2, 0.25) is 0 Å². The van der Waals surface area contributed by atoms with Crippen LogP contribution in [0.2, 0.25) is 0 Å². The lowest BCUT2D eigenvalue weighted by Crippen LogP contribution is -2.24. The maximum atomic E-state index is 13.2. The molecule has 6 aromatic carbocycles. The van der Waals surface area contributed by atoms with Gasteiger partial charge in [0.1, 0.15) is 47.2 Å². The Labute approximate surface area is 657 Å². The van der Waals surface area contributed by atoms with Crippen LogP contribution in [0.3, 0.4) is 0 Å². The van der Waals surface area contributed by atoms with Crippen molar-refractivity contribution in [3.05, 3.63) is 157 Å². The molecule has 0 aliphatic rings. The van der Waals surface area contributed by atoms with Gasteiger partial charge < -0.3 is 85.3 Å². The summed E-state index contributed by atoms with van der Waals surface area (Å²) in [4.78, 5) is 26.0. The molecule has 110 heavy (non-hydrogen) atoms. The number of unbranched alkanes of at least 4 members (excludes halogenated alkanes) is 17. The summed E-state index contributed by atoms with van der Waals surface area (Å²) < 4.78 is 103. The molecule has 0 aliphatic carbocycles. The third-order valence-electron chi connectivity index (χ3n) is 17.8. The highest BCUT2D eigenvalue weighted by molar-refractivity contribution is 5.92. The maximum Gasteiger partial charge on any atom is 0.343 e. The summed E-state index contributed by atoms with van der Waals surface area (Å²) in [6, 6.07) is 45.2. The fourth-order valence-corrected chi connectivity index (χ4v) is 11.5. The van der Waals surface area contributed by atoms with E-state index < -0.39 is 11.9 Å². The minimum atomic E-state index is -0.445. The first-order chi connectivity index (χ1) is 54.4. The van der Waals surface area contributed by atoms with Crippen LogP contribution in [0.1, 0.15) is 176 Å². The number of ether oxygens (including phenoxy) is 18. The summed E-state index contributed by atoms with van der Waals surface area (Å²) in [5.41, 5.74) is 5.04. The molecular weight excluding hydrogens is 1400 g/mol. The van der Waals surface area contributed by atoms with Gasteiger partial charge in [0.25, 0.3) is 0 Å². The fourth-order valence-electron chi connectivity index (χ4n) is 11.5. The lowest BCUT2D eigenvalue weighted by Gasteiger charge is -2.20. The topological polar surface area (TPSA) is 200 Å². The fraction of sp³-hybridized carbons (Fsp3) is 0.578. The van der Waals surface area contributed by atoms with E-state index in [2.05, 4.69) is 32.9 Å². The molecule has 0 aromatic heterocycles. The highest BCUT2D eigenvalue weighted by Crippen LogP contribution is 2.28. The Hall–Kier alpha value is -7.02. The van der Waals surface area contributed by atoms with E-state index >= 15 is 0 Å². The number of hydrogen-bond donors (Lipinski definition) is 0. The largest absolute Gasteiger partial charge is 0.494 e. The number of hydrogen-bond acceptors (Lipinski definition) is 20. The van der Waals surface area contributed by atoms with E-state index in [-0.39, 0.29) is 6.10 Å². The molecule has 0 heterocycles. The van der Waals surface area contributed by atoms with Crippen molar-refractivity contribution in [1.82, 2.24) is 0 Å². The Bertz CT molecular complexity index is 3130. The smallest absolute Gasteiger partial charge is 0.343 e. The lowest BCUT2D eigenvalue weighted by molar-refractivity contribution is -0.0296. The number of benzene rings is 6. The highest BCUT2D eigenvalue weighted by atomic mass is 16.6. The quantitative estimate of drug-likeness (QED) is 0.0198. The average Bonchev–Trinajstić information content (AvgIpc) is 0.855. The second-order valence-electron chi connectivity index (χ2n) is 26.8. The predicted molar refractivity (Wildman–Crippen MR) is 431 cm³/mol. The molecular formula is C90H130O20. The summed E-state index contributed by atoms with van der Waals surface area (Å²) in [6.07, 6.45) is 25.4. The van der Waals surface area contributed by atoms with Gasteiger partial charge in [-0.15, -0.1) is 0 Å². The molecule has 0 saturated carbocycles. The van der Waals surface area contributed by atoms with Gasteiger partial charge in [-0.05, 0) is 145 Å². The Morgan fingerprint density at radius 1 is 0.227 bits per heavy atom. The zero-order valence-electron chi connectivity index (χ0n) is 66.5. The van der Waals surface area contributed by atoms with E-state index in [0.29, 0.717) is 199 Å². The van der Waals surface area contributed by atoms with Gasteiger partial charge in [-0.1, -0.05) is 178 Å². The normalized spacial score (nSPS) is 11.6. The Morgan fingerprint density at radius 3 is 0.755 bits per heavy atom. The molecule has 0 amide bonds. The van der Waals surface area contributed by atoms with E-state index in [0.717, 1.165) is 79.1 Å². The van der Waals surface area contributed by atoms with Crippen molar-refractivity contribution in [3.8, 4) is 56.8 Å². The molecule has 610 valence electrons. The molecule has 6 rings (SSSR count). The summed E-state index contributed by atoms with van der Waals surface area (Å²) in [6.45, 7) is 19.5. The monoisotopic (exact) mass is 1530 g/mol. The van der Waals surface area contributed by atoms with E-state index in [1.165, 1.54) is 103 Å². The number of rotatable bonds is 72. The summed E-state index contributed by atoms with van der Waals surface area (Å²) >= 11 is 0. The first-order valence-electron chi connectivity index (χ1n) is 40.9. The molecule has 0 aliphatic heterocycles. The van der Waals surface area contributed by atoms with Crippen LogP contribution in [0.4, 0.5) is 0 Å². The summed E-state index contributed by atoms with van der Waals surface area (Å²) in [7, 11) is 0. The van der Waals surface area contributed by atoms with Crippen molar-refractivity contribution >= 4 is 11.9 Å². The van der Waals surface area contributed by atoms with Crippen molar-refractivity contribution in [2.45, 2.75) is 162 Å². The van der Waals surface area contributed by atoms with Gasteiger partial charge in [0.15, 0.2) is 0 Å². The molecule has 0 saturated heterocycles. The first-order valence-corrected chi connectivity index (χ1v) is 40.9. The highest BCUT2D eigenvalue weighted by Gasteiger charge is 2.16.